The van der Waals surface area contributed by atoms with Crippen LogP contribution in [0.2, 0.25) is 0 Å². The lowest BCUT2D eigenvalue weighted by atomic mass is 10.1. The van der Waals surface area contributed by atoms with Gasteiger partial charge in [0.15, 0.2) is 0 Å². The van der Waals surface area contributed by atoms with Gasteiger partial charge in [-0.2, -0.15) is 0 Å². The molecule has 0 spiro atoms. The summed E-state index contributed by atoms with van der Waals surface area (Å²) in [6.45, 7) is 6.47. The van der Waals surface area contributed by atoms with Gasteiger partial charge >= 0.3 is 6.03 Å². The third kappa shape index (κ3) is 5.90. The Morgan fingerprint density at radius 3 is 2.58 bits per heavy atom. The van der Waals surface area contributed by atoms with E-state index in [-0.39, 0.29) is 11.9 Å². The largest absolute Gasteiger partial charge is 0.338 e. The Bertz CT molecular complexity index is 1090. The topological polar surface area (TPSA) is 82.5 Å². The molecule has 0 unspecified atom stereocenters. The van der Waals surface area contributed by atoms with Gasteiger partial charge in [0, 0.05) is 45.0 Å². The number of amides is 3. The zero-order valence-electron chi connectivity index (χ0n) is 19.2. The Kier molecular flexibility index (Phi) is 7.57. The first-order valence-electron chi connectivity index (χ1n) is 11.7. The molecule has 3 amide bonds. The van der Waals surface area contributed by atoms with E-state index in [0.29, 0.717) is 39.3 Å². The van der Waals surface area contributed by atoms with E-state index in [1.807, 2.05) is 53.7 Å². The molecule has 0 saturated carbocycles. The van der Waals surface area contributed by atoms with Crippen molar-refractivity contribution < 1.29 is 9.59 Å². The number of hydrogen-bond acceptors (Lipinski definition) is 4. The second-order valence-electron chi connectivity index (χ2n) is 8.33. The van der Waals surface area contributed by atoms with Crippen molar-refractivity contribution in [2.45, 2.75) is 26.3 Å². The number of carbonyl (C=O) groups excluding carboxylic acids is 2. The highest BCUT2D eigenvalue weighted by atomic mass is 16.2. The van der Waals surface area contributed by atoms with Crippen LogP contribution in [0.5, 0.6) is 0 Å². The molecule has 33 heavy (non-hydrogen) atoms. The summed E-state index contributed by atoms with van der Waals surface area (Å²) >= 11 is 0. The Hall–Kier alpha value is -3.39. The summed E-state index contributed by atoms with van der Waals surface area (Å²) in [4.78, 5) is 33.3. The molecule has 2 N–H and O–H groups in total. The van der Waals surface area contributed by atoms with E-state index in [1.165, 1.54) is 0 Å². The minimum atomic E-state index is -0.0357. The lowest BCUT2D eigenvalue weighted by molar-refractivity contribution is -0.117. The number of piperazine rings is 1. The van der Waals surface area contributed by atoms with E-state index in [4.69, 9.17) is 0 Å². The van der Waals surface area contributed by atoms with Gasteiger partial charge in [0.25, 0.3) is 0 Å². The molecular formula is C25H32N6O2. The summed E-state index contributed by atoms with van der Waals surface area (Å²) in [7, 11) is 0. The molecule has 8 nitrogen and oxygen atoms in total. The Morgan fingerprint density at radius 1 is 1.00 bits per heavy atom. The number of rotatable bonds is 8. The van der Waals surface area contributed by atoms with Gasteiger partial charge in [-0.05, 0) is 36.6 Å². The number of fused-ring (bicyclic) bond motifs is 1. The van der Waals surface area contributed by atoms with Crippen molar-refractivity contribution >= 4 is 28.7 Å². The number of benzene rings is 2. The number of para-hydroxylation sites is 3. The molecule has 1 fully saturated rings. The minimum Gasteiger partial charge on any atom is -0.338 e. The van der Waals surface area contributed by atoms with Gasteiger partial charge in [0.2, 0.25) is 5.91 Å². The number of carbonyl (C=O) groups is 2. The monoisotopic (exact) mass is 448 g/mol. The quantitative estimate of drug-likeness (QED) is 0.519. The maximum Gasteiger partial charge on any atom is 0.317 e. The molecule has 0 bridgehead atoms. The summed E-state index contributed by atoms with van der Waals surface area (Å²) in [6.07, 6.45) is 3.57. The van der Waals surface area contributed by atoms with Crippen LogP contribution in [0.25, 0.3) is 11.0 Å². The second kappa shape index (κ2) is 11.0. The highest BCUT2D eigenvalue weighted by Gasteiger charge is 2.22. The SMILES string of the molecule is CCc1ccccc1NC(=O)CN1CCN(C(=O)NCCCn2cnc3ccccc32)CC1. The highest BCUT2D eigenvalue weighted by Crippen LogP contribution is 2.15. The average Bonchev–Trinajstić information content (AvgIpc) is 3.25. The van der Waals surface area contributed by atoms with Crippen molar-refractivity contribution in [2.75, 3.05) is 44.6 Å². The Morgan fingerprint density at radius 2 is 1.76 bits per heavy atom. The van der Waals surface area contributed by atoms with Crippen LogP contribution in [0.3, 0.4) is 0 Å². The smallest absolute Gasteiger partial charge is 0.317 e. The van der Waals surface area contributed by atoms with Crippen molar-refractivity contribution in [3.05, 3.63) is 60.4 Å². The van der Waals surface area contributed by atoms with Crippen molar-refractivity contribution in [2.24, 2.45) is 0 Å². The molecule has 2 aromatic carbocycles. The molecule has 1 saturated heterocycles. The van der Waals surface area contributed by atoms with Gasteiger partial charge < -0.3 is 20.1 Å². The van der Waals surface area contributed by atoms with Gasteiger partial charge in [-0.15, -0.1) is 0 Å². The van der Waals surface area contributed by atoms with Crippen molar-refractivity contribution in [1.29, 1.82) is 0 Å². The number of nitrogens with one attached hydrogen (secondary N) is 2. The molecular weight excluding hydrogens is 416 g/mol. The van der Waals surface area contributed by atoms with Crippen molar-refractivity contribution in [3.8, 4) is 0 Å². The van der Waals surface area contributed by atoms with E-state index in [1.54, 1.807) is 0 Å². The van der Waals surface area contributed by atoms with Crippen LogP contribution in [0.1, 0.15) is 18.9 Å². The predicted molar refractivity (Wildman–Crippen MR) is 130 cm³/mol. The van der Waals surface area contributed by atoms with Gasteiger partial charge in [-0.1, -0.05) is 37.3 Å². The molecule has 1 aromatic heterocycles. The summed E-state index contributed by atoms with van der Waals surface area (Å²) in [5.41, 5.74) is 4.12. The van der Waals surface area contributed by atoms with Crippen molar-refractivity contribution in [1.82, 2.24) is 24.7 Å². The minimum absolute atomic E-state index is 0.0131. The molecule has 8 heteroatoms. The Labute approximate surface area is 194 Å². The molecule has 174 valence electrons. The summed E-state index contributed by atoms with van der Waals surface area (Å²) in [5.74, 6) is -0.0131. The molecule has 0 aliphatic carbocycles. The van der Waals surface area contributed by atoms with Crippen LogP contribution < -0.4 is 10.6 Å². The molecule has 1 aliphatic rings. The standard InChI is InChI=1S/C25H32N6O2/c1-2-20-8-3-4-9-21(20)28-24(32)18-29-14-16-30(17-15-29)25(33)26-12-7-13-31-19-27-22-10-5-6-11-23(22)31/h3-6,8-11,19H,2,7,12-18H2,1H3,(H,26,33)(H,28,32). The summed E-state index contributed by atoms with van der Waals surface area (Å²) < 4.78 is 2.12. The van der Waals surface area contributed by atoms with E-state index in [9.17, 15) is 9.59 Å². The maximum atomic E-state index is 12.5. The number of nitrogens with zero attached hydrogens (tertiary/aromatic N) is 4. The zero-order valence-corrected chi connectivity index (χ0v) is 19.2. The summed E-state index contributed by atoms with van der Waals surface area (Å²) in [6, 6.07) is 15.9. The van der Waals surface area contributed by atoms with Gasteiger partial charge in [0.1, 0.15) is 0 Å². The first-order valence-corrected chi connectivity index (χ1v) is 11.7. The van der Waals surface area contributed by atoms with E-state index < -0.39 is 0 Å². The number of imidazole rings is 1. The first kappa shape index (κ1) is 22.8. The molecule has 0 radical (unpaired) electrons. The van der Waals surface area contributed by atoms with Crippen LogP contribution in [-0.2, 0) is 17.8 Å². The third-order valence-electron chi connectivity index (χ3n) is 6.08. The van der Waals surface area contributed by atoms with Crippen LogP contribution in [0, 0.1) is 0 Å². The fourth-order valence-electron chi connectivity index (χ4n) is 4.20. The first-order chi connectivity index (χ1) is 16.1. The number of urea groups is 1. The molecule has 0 atom stereocenters. The molecule has 2 heterocycles. The van der Waals surface area contributed by atoms with Gasteiger partial charge in [-0.3, -0.25) is 9.69 Å². The van der Waals surface area contributed by atoms with E-state index in [2.05, 4.69) is 38.1 Å². The number of hydrogen-bond donors (Lipinski definition) is 2. The van der Waals surface area contributed by atoms with Crippen LogP contribution in [-0.4, -0.2) is 70.6 Å². The maximum absolute atomic E-state index is 12.5. The molecule has 1 aliphatic heterocycles. The lowest BCUT2D eigenvalue weighted by Gasteiger charge is -2.34. The van der Waals surface area contributed by atoms with Gasteiger partial charge in [-0.25, -0.2) is 9.78 Å². The molecule has 3 aromatic rings. The second-order valence-corrected chi connectivity index (χ2v) is 8.33. The Balaban J connectivity index is 1.15. The fourth-order valence-corrected chi connectivity index (χ4v) is 4.20. The lowest BCUT2D eigenvalue weighted by Crippen LogP contribution is -2.53. The predicted octanol–water partition coefficient (Wildman–Crippen LogP) is 2.95. The van der Waals surface area contributed by atoms with Gasteiger partial charge in [0.05, 0.1) is 23.9 Å². The average molecular weight is 449 g/mol. The number of anilines is 1. The number of aromatic nitrogens is 2. The van der Waals surface area contributed by atoms with E-state index in [0.717, 1.165) is 41.7 Å². The van der Waals surface area contributed by atoms with E-state index >= 15 is 0 Å². The normalized spacial score (nSPS) is 14.4. The van der Waals surface area contributed by atoms with Crippen LogP contribution >= 0.6 is 0 Å². The third-order valence-corrected chi connectivity index (χ3v) is 6.08. The fraction of sp³-hybridized carbons (Fsp3) is 0.400. The highest BCUT2D eigenvalue weighted by molar-refractivity contribution is 5.93. The van der Waals surface area contributed by atoms with Crippen LogP contribution in [0.15, 0.2) is 54.9 Å². The summed E-state index contributed by atoms with van der Waals surface area (Å²) in [5, 5.41) is 6.04. The van der Waals surface area contributed by atoms with Crippen molar-refractivity contribution in [3.63, 3.8) is 0 Å². The number of aryl methyl sites for hydroxylation is 2. The zero-order chi connectivity index (χ0) is 23.0. The molecule has 4 rings (SSSR count). The van der Waals surface area contributed by atoms with Crippen LogP contribution in [0.4, 0.5) is 10.5 Å².